The summed E-state index contributed by atoms with van der Waals surface area (Å²) in [6, 6.07) is 11.6. The van der Waals surface area contributed by atoms with Crippen molar-refractivity contribution in [3.8, 4) is 23.0 Å². The van der Waals surface area contributed by atoms with Crippen molar-refractivity contribution in [3.05, 3.63) is 59.9 Å². The number of halogens is 3. The Labute approximate surface area is 235 Å². The molecular formula is C27H29F3N8O2S. The third-order valence-electron chi connectivity index (χ3n) is 7.47. The van der Waals surface area contributed by atoms with Gasteiger partial charge in [0.1, 0.15) is 5.82 Å². The van der Waals surface area contributed by atoms with Gasteiger partial charge in [-0.05, 0) is 67.8 Å². The lowest BCUT2D eigenvalue weighted by molar-refractivity contribution is -0.0403. The van der Waals surface area contributed by atoms with Gasteiger partial charge in [0.15, 0.2) is 15.4 Å². The summed E-state index contributed by atoms with van der Waals surface area (Å²) in [4.78, 5) is 13.4. The molecule has 1 unspecified atom stereocenters. The third kappa shape index (κ3) is 5.45. The lowest BCUT2D eigenvalue weighted by Gasteiger charge is -2.35. The highest BCUT2D eigenvalue weighted by molar-refractivity contribution is 7.94. The summed E-state index contributed by atoms with van der Waals surface area (Å²) in [5.74, 6) is 1.32. The van der Waals surface area contributed by atoms with Gasteiger partial charge in [-0.15, -0.1) is 0 Å². The molecule has 6 rings (SSSR count). The van der Waals surface area contributed by atoms with Crippen molar-refractivity contribution in [3.63, 3.8) is 0 Å². The van der Waals surface area contributed by atoms with Gasteiger partial charge in [0.2, 0.25) is 5.82 Å². The van der Waals surface area contributed by atoms with E-state index in [1.54, 1.807) is 0 Å². The highest BCUT2D eigenvalue weighted by Crippen LogP contribution is 2.33. The quantitative estimate of drug-likeness (QED) is 0.309. The van der Waals surface area contributed by atoms with Crippen molar-refractivity contribution in [1.29, 1.82) is 0 Å². The largest absolute Gasteiger partial charge is 0.483 e. The highest BCUT2D eigenvalue weighted by Gasteiger charge is 2.44. The van der Waals surface area contributed by atoms with Gasteiger partial charge >= 0.3 is 5.51 Å². The number of anilines is 1. The van der Waals surface area contributed by atoms with Crippen LogP contribution < -0.4 is 4.90 Å². The van der Waals surface area contributed by atoms with Gasteiger partial charge in [0.25, 0.3) is 5.89 Å². The molecule has 0 bridgehead atoms. The number of aromatic nitrogens is 5. The third-order valence-corrected chi connectivity index (χ3v) is 9.53. The second kappa shape index (κ2) is 10.6. The molecule has 3 aromatic heterocycles. The Hall–Kier alpha value is -3.78. The van der Waals surface area contributed by atoms with Crippen molar-refractivity contribution >= 4 is 15.5 Å². The topological polar surface area (TPSA) is 106 Å². The summed E-state index contributed by atoms with van der Waals surface area (Å²) in [6.45, 7) is 6.54. The number of aryl methyl sites for hydroxylation is 1. The molecule has 1 aromatic carbocycles. The maximum atomic E-state index is 13.3. The van der Waals surface area contributed by atoms with Gasteiger partial charge in [-0.1, -0.05) is 5.16 Å². The molecule has 1 aliphatic carbocycles. The van der Waals surface area contributed by atoms with Gasteiger partial charge in [0, 0.05) is 56.7 Å². The SMILES string of the molecule is CN=S(=O)(c1ccc(-c2noc(-c3cc(C)n(Cc4ccnc(N5CCN(C6CC6)CC5)c4)n3)n2)cc1)C(F)(F)F. The predicted octanol–water partition coefficient (Wildman–Crippen LogP) is 4.61. The molecule has 0 spiro atoms. The molecule has 41 heavy (non-hydrogen) atoms. The molecule has 1 aliphatic heterocycles. The van der Waals surface area contributed by atoms with Crippen molar-refractivity contribution < 1.29 is 21.9 Å². The van der Waals surface area contributed by atoms with Gasteiger partial charge in [-0.3, -0.25) is 9.58 Å². The second-order valence-corrected chi connectivity index (χ2v) is 12.6. The number of nitrogens with zero attached hydrogens (tertiary/aromatic N) is 8. The zero-order valence-corrected chi connectivity index (χ0v) is 23.4. The molecule has 1 saturated carbocycles. The zero-order valence-electron chi connectivity index (χ0n) is 22.6. The molecule has 0 radical (unpaired) electrons. The summed E-state index contributed by atoms with van der Waals surface area (Å²) in [7, 11) is -3.67. The molecule has 2 aliphatic rings. The van der Waals surface area contributed by atoms with Crippen molar-refractivity contribution in [1.82, 2.24) is 29.8 Å². The van der Waals surface area contributed by atoms with Crippen LogP contribution in [0.15, 0.2) is 62.4 Å². The van der Waals surface area contributed by atoms with E-state index in [-0.39, 0.29) is 11.7 Å². The predicted molar refractivity (Wildman–Crippen MR) is 147 cm³/mol. The normalized spacial score (nSPS) is 17.9. The van der Waals surface area contributed by atoms with E-state index in [0.717, 1.165) is 68.5 Å². The van der Waals surface area contributed by atoms with Gasteiger partial charge in [0.05, 0.1) is 11.4 Å². The fourth-order valence-electron chi connectivity index (χ4n) is 5.01. The van der Waals surface area contributed by atoms with Crippen LogP contribution in [-0.2, 0) is 16.3 Å². The van der Waals surface area contributed by atoms with Crippen LogP contribution in [0, 0.1) is 6.92 Å². The Balaban J connectivity index is 1.15. The van der Waals surface area contributed by atoms with Crippen LogP contribution in [0.3, 0.4) is 0 Å². The highest BCUT2D eigenvalue weighted by atomic mass is 32.2. The van der Waals surface area contributed by atoms with E-state index >= 15 is 0 Å². The van der Waals surface area contributed by atoms with E-state index in [4.69, 9.17) is 4.52 Å². The molecule has 1 atom stereocenters. The van der Waals surface area contributed by atoms with Crippen LogP contribution in [-0.4, -0.2) is 78.8 Å². The average molecular weight is 587 g/mol. The summed E-state index contributed by atoms with van der Waals surface area (Å²) in [5, 5.41) is 8.61. The standard InChI is InChI=1S/C27H29F3N8O2S/c1-18-15-23(26-33-25(35-40-26)20-3-7-22(8-4-20)41(39,31-2)27(28,29)30)34-38(18)17-19-9-10-32-24(16-19)37-13-11-36(12-14-37)21-5-6-21/h3-4,7-10,15-16,21H,5-6,11-14,17H2,1-2H3. The fourth-order valence-corrected chi connectivity index (χ4v) is 6.20. The summed E-state index contributed by atoms with van der Waals surface area (Å²) in [5.41, 5.74) is -2.14. The first-order valence-electron chi connectivity index (χ1n) is 13.3. The van der Waals surface area contributed by atoms with Crippen molar-refractivity contribution in [2.75, 3.05) is 38.1 Å². The summed E-state index contributed by atoms with van der Waals surface area (Å²) >= 11 is 0. The first-order chi connectivity index (χ1) is 19.6. The molecule has 0 amide bonds. The minimum atomic E-state index is -4.98. The molecule has 2 fully saturated rings. The Morgan fingerprint density at radius 3 is 2.46 bits per heavy atom. The molecule has 1 saturated heterocycles. The minimum absolute atomic E-state index is 0.172. The first-order valence-corrected chi connectivity index (χ1v) is 14.8. The number of piperazine rings is 1. The van der Waals surface area contributed by atoms with E-state index in [2.05, 4.69) is 40.5 Å². The van der Waals surface area contributed by atoms with E-state index in [1.165, 1.54) is 25.0 Å². The van der Waals surface area contributed by atoms with Crippen LogP contribution in [0.2, 0.25) is 0 Å². The molecular weight excluding hydrogens is 557 g/mol. The maximum absolute atomic E-state index is 13.3. The van der Waals surface area contributed by atoms with E-state index in [0.29, 0.717) is 17.8 Å². The fraction of sp³-hybridized carbons (Fsp3) is 0.407. The van der Waals surface area contributed by atoms with Crippen LogP contribution in [0.25, 0.3) is 23.0 Å². The van der Waals surface area contributed by atoms with Crippen LogP contribution >= 0.6 is 0 Å². The van der Waals surface area contributed by atoms with Crippen molar-refractivity contribution in [2.45, 2.75) is 42.8 Å². The summed E-state index contributed by atoms with van der Waals surface area (Å²) < 4.78 is 62.6. The molecule has 4 heterocycles. The lowest BCUT2D eigenvalue weighted by atomic mass is 10.2. The Kier molecular flexibility index (Phi) is 7.06. The summed E-state index contributed by atoms with van der Waals surface area (Å²) in [6.07, 6.45) is 4.47. The van der Waals surface area contributed by atoms with Crippen LogP contribution in [0.1, 0.15) is 24.1 Å². The van der Waals surface area contributed by atoms with Crippen LogP contribution in [0.4, 0.5) is 19.0 Å². The number of rotatable bonds is 7. The van der Waals surface area contributed by atoms with Gasteiger partial charge in [-0.2, -0.15) is 23.3 Å². The second-order valence-electron chi connectivity index (χ2n) is 10.2. The van der Waals surface area contributed by atoms with Crippen molar-refractivity contribution in [2.24, 2.45) is 4.36 Å². The molecule has 216 valence electrons. The number of hydrogen-bond acceptors (Lipinski definition) is 9. The molecule has 4 aromatic rings. The number of hydrogen-bond donors (Lipinski definition) is 0. The zero-order chi connectivity index (χ0) is 28.8. The number of alkyl halides is 3. The van der Waals surface area contributed by atoms with E-state index in [1.807, 2.05) is 29.9 Å². The van der Waals surface area contributed by atoms with Gasteiger partial charge in [-0.25, -0.2) is 13.6 Å². The Morgan fingerprint density at radius 2 is 1.80 bits per heavy atom. The molecule has 10 nitrogen and oxygen atoms in total. The van der Waals surface area contributed by atoms with Crippen LogP contribution in [0.5, 0.6) is 0 Å². The Morgan fingerprint density at radius 1 is 1.07 bits per heavy atom. The lowest BCUT2D eigenvalue weighted by Crippen LogP contribution is -2.47. The molecule has 0 N–H and O–H groups in total. The average Bonchev–Trinajstić information content (AvgIpc) is 3.60. The van der Waals surface area contributed by atoms with E-state index < -0.39 is 20.1 Å². The molecule has 14 heteroatoms. The first kappa shape index (κ1) is 27.4. The maximum Gasteiger partial charge on any atom is 0.483 e. The number of benzene rings is 1. The van der Waals surface area contributed by atoms with Gasteiger partial charge < -0.3 is 9.42 Å². The van der Waals surface area contributed by atoms with E-state index in [9.17, 15) is 17.4 Å². The number of pyridine rings is 1. The monoisotopic (exact) mass is 586 g/mol. The minimum Gasteiger partial charge on any atom is -0.354 e. The smallest absolute Gasteiger partial charge is 0.354 e. The Bertz CT molecular complexity index is 1660.